The van der Waals surface area contributed by atoms with Crippen molar-refractivity contribution in [3.8, 4) is 11.5 Å². The Morgan fingerprint density at radius 2 is 1.28 bits per heavy atom. The summed E-state index contributed by atoms with van der Waals surface area (Å²) in [4.78, 5) is 5.01. The summed E-state index contributed by atoms with van der Waals surface area (Å²) >= 11 is 0. The molecule has 1 aliphatic rings. The number of hydrogen-bond acceptors (Lipinski definition) is 4. The first-order valence-corrected chi connectivity index (χ1v) is 10.7. The highest BCUT2D eigenvalue weighted by atomic mass is 35.5. The van der Waals surface area contributed by atoms with Gasteiger partial charge in [0.1, 0.15) is 0 Å². The van der Waals surface area contributed by atoms with E-state index in [1.807, 2.05) is 24.3 Å². The normalized spacial score (nSPS) is 13.6. The number of halogens is 2. The molecule has 0 atom stereocenters. The minimum absolute atomic E-state index is 0. The minimum Gasteiger partial charge on any atom is -0.493 e. The van der Waals surface area contributed by atoms with Crippen LogP contribution >= 0.6 is 24.8 Å². The Morgan fingerprint density at radius 3 is 1.94 bits per heavy atom. The predicted octanol–water partition coefficient (Wildman–Crippen LogP) is 5.48. The van der Waals surface area contributed by atoms with E-state index < -0.39 is 0 Å². The molecule has 0 unspecified atom stereocenters. The summed E-state index contributed by atoms with van der Waals surface area (Å²) in [7, 11) is 1.67. The molecular formula is C26H32Cl2N2O2. The summed E-state index contributed by atoms with van der Waals surface area (Å²) in [6.45, 7) is 6.03. The van der Waals surface area contributed by atoms with Gasteiger partial charge in [-0.15, -0.1) is 24.8 Å². The average Bonchev–Trinajstić information content (AvgIpc) is 2.82. The monoisotopic (exact) mass is 474 g/mol. The molecule has 0 radical (unpaired) electrons. The van der Waals surface area contributed by atoms with Crippen molar-refractivity contribution in [1.82, 2.24) is 4.90 Å². The summed E-state index contributed by atoms with van der Waals surface area (Å²) in [6, 6.07) is 27.4. The van der Waals surface area contributed by atoms with E-state index in [1.165, 1.54) is 16.8 Å². The van der Waals surface area contributed by atoms with Gasteiger partial charge < -0.3 is 14.4 Å². The van der Waals surface area contributed by atoms with E-state index in [0.29, 0.717) is 6.61 Å². The van der Waals surface area contributed by atoms with Crippen molar-refractivity contribution in [3.63, 3.8) is 0 Å². The molecule has 0 bridgehead atoms. The van der Waals surface area contributed by atoms with Gasteiger partial charge in [-0.25, -0.2) is 0 Å². The molecule has 1 aliphatic heterocycles. The number of ether oxygens (including phenoxy) is 2. The number of benzene rings is 3. The van der Waals surface area contributed by atoms with Crippen molar-refractivity contribution in [1.29, 1.82) is 0 Å². The van der Waals surface area contributed by atoms with Crippen LogP contribution in [-0.2, 0) is 13.0 Å². The zero-order valence-electron chi connectivity index (χ0n) is 18.5. The van der Waals surface area contributed by atoms with E-state index >= 15 is 0 Å². The maximum absolute atomic E-state index is 5.89. The second-order valence-corrected chi connectivity index (χ2v) is 7.66. The minimum atomic E-state index is 0. The fourth-order valence-electron chi connectivity index (χ4n) is 3.89. The Balaban J connectivity index is 0.00000181. The molecule has 4 nitrogen and oxygen atoms in total. The van der Waals surface area contributed by atoms with E-state index in [-0.39, 0.29) is 24.8 Å². The number of rotatable bonds is 8. The first-order valence-electron chi connectivity index (χ1n) is 10.7. The average molecular weight is 475 g/mol. The molecule has 0 aromatic heterocycles. The van der Waals surface area contributed by atoms with Crippen LogP contribution in [0.2, 0.25) is 0 Å². The first-order chi connectivity index (χ1) is 14.8. The molecule has 0 saturated carbocycles. The Hall–Kier alpha value is -2.40. The van der Waals surface area contributed by atoms with Crippen LogP contribution in [0.3, 0.4) is 0 Å². The molecule has 6 heteroatoms. The summed E-state index contributed by atoms with van der Waals surface area (Å²) in [5.74, 6) is 1.58. The largest absolute Gasteiger partial charge is 0.493 e. The third-order valence-corrected chi connectivity index (χ3v) is 5.64. The van der Waals surface area contributed by atoms with Gasteiger partial charge in [-0.3, -0.25) is 4.90 Å². The van der Waals surface area contributed by atoms with Crippen molar-refractivity contribution in [2.45, 2.75) is 13.0 Å². The Morgan fingerprint density at radius 1 is 0.688 bits per heavy atom. The van der Waals surface area contributed by atoms with Gasteiger partial charge in [0, 0.05) is 44.8 Å². The quantitative estimate of drug-likeness (QED) is 0.431. The fourth-order valence-corrected chi connectivity index (χ4v) is 3.89. The van der Waals surface area contributed by atoms with Gasteiger partial charge in [-0.05, 0) is 35.4 Å². The fraction of sp³-hybridized carbons (Fsp3) is 0.308. The first kappa shape index (κ1) is 25.9. The zero-order chi connectivity index (χ0) is 20.6. The number of methoxy groups -OCH3 is 1. The number of anilines is 1. The number of nitrogens with zero attached hydrogens (tertiary/aromatic N) is 2. The molecule has 0 spiro atoms. The van der Waals surface area contributed by atoms with Crippen LogP contribution in [0.1, 0.15) is 11.1 Å². The molecule has 0 aliphatic carbocycles. The highest BCUT2D eigenvalue weighted by molar-refractivity contribution is 5.85. The molecule has 1 saturated heterocycles. The second kappa shape index (κ2) is 13.2. The van der Waals surface area contributed by atoms with Gasteiger partial charge in [0.2, 0.25) is 0 Å². The van der Waals surface area contributed by atoms with Crippen molar-refractivity contribution in [2.75, 3.05) is 44.8 Å². The van der Waals surface area contributed by atoms with E-state index in [4.69, 9.17) is 9.47 Å². The molecule has 3 aromatic rings. The van der Waals surface area contributed by atoms with Gasteiger partial charge in [0.25, 0.3) is 0 Å². The summed E-state index contributed by atoms with van der Waals surface area (Å²) < 4.78 is 11.2. The van der Waals surface area contributed by atoms with Gasteiger partial charge in [-0.2, -0.15) is 0 Å². The summed E-state index contributed by atoms with van der Waals surface area (Å²) in [5, 5.41) is 0. The third-order valence-electron chi connectivity index (χ3n) is 5.64. The van der Waals surface area contributed by atoms with Crippen molar-refractivity contribution < 1.29 is 9.47 Å². The van der Waals surface area contributed by atoms with E-state index in [9.17, 15) is 0 Å². The Bertz CT molecular complexity index is 915. The zero-order valence-corrected chi connectivity index (χ0v) is 20.1. The predicted molar refractivity (Wildman–Crippen MR) is 137 cm³/mol. The third kappa shape index (κ3) is 7.06. The molecule has 4 rings (SSSR count). The number of hydrogen-bond donors (Lipinski definition) is 0. The molecule has 172 valence electrons. The van der Waals surface area contributed by atoms with E-state index in [0.717, 1.165) is 50.6 Å². The molecular weight excluding hydrogens is 443 g/mol. The molecule has 0 N–H and O–H groups in total. The van der Waals surface area contributed by atoms with Crippen molar-refractivity contribution in [2.24, 2.45) is 0 Å². The topological polar surface area (TPSA) is 24.9 Å². The molecule has 32 heavy (non-hydrogen) atoms. The Labute approximate surface area is 204 Å². The molecule has 1 heterocycles. The number of para-hydroxylation sites is 3. The van der Waals surface area contributed by atoms with Crippen LogP contribution in [0, 0.1) is 0 Å². The molecule has 3 aromatic carbocycles. The summed E-state index contributed by atoms with van der Waals surface area (Å²) in [6.07, 6.45) is 0.883. The highest BCUT2D eigenvalue weighted by Gasteiger charge is 2.17. The Kier molecular flexibility index (Phi) is 10.7. The van der Waals surface area contributed by atoms with Gasteiger partial charge in [0.05, 0.1) is 13.7 Å². The lowest BCUT2D eigenvalue weighted by atomic mass is 10.1. The molecule has 0 amide bonds. The van der Waals surface area contributed by atoms with Gasteiger partial charge >= 0.3 is 0 Å². The maximum atomic E-state index is 5.89. The lowest BCUT2D eigenvalue weighted by molar-refractivity contribution is 0.250. The van der Waals surface area contributed by atoms with Gasteiger partial charge in [0.15, 0.2) is 11.5 Å². The lowest BCUT2D eigenvalue weighted by Gasteiger charge is -2.36. The van der Waals surface area contributed by atoms with E-state index in [1.54, 1.807) is 7.11 Å². The lowest BCUT2D eigenvalue weighted by Crippen LogP contribution is -2.45. The van der Waals surface area contributed by atoms with Crippen molar-refractivity contribution >= 4 is 30.5 Å². The van der Waals surface area contributed by atoms with Crippen LogP contribution < -0.4 is 14.4 Å². The van der Waals surface area contributed by atoms with Crippen LogP contribution in [0.5, 0.6) is 11.5 Å². The van der Waals surface area contributed by atoms with Crippen LogP contribution in [0.4, 0.5) is 5.69 Å². The van der Waals surface area contributed by atoms with Crippen LogP contribution in [0.15, 0.2) is 78.9 Å². The SMILES string of the molecule is COc1ccccc1OCCc1ccc(CN2CCN(c3ccccc3)CC2)cc1.Cl.Cl. The van der Waals surface area contributed by atoms with Crippen LogP contribution in [0.25, 0.3) is 0 Å². The highest BCUT2D eigenvalue weighted by Crippen LogP contribution is 2.26. The van der Waals surface area contributed by atoms with Crippen molar-refractivity contribution in [3.05, 3.63) is 90.0 Å². The summed E-state index contributed by atoms with van der Waals surface area (Å²) in [5.41, 5.74) is 4.00. The smallest absolute Gasteiger partial charge is 0.161 e. The second-order valence-electron chi connectivity index (χ2n) is 7.66. The molecule has 1 fully saturated rings. The number of piperazine rings is 1. The maximum Gasteiger partial charge on any atom is 0.161 e. The standard InChI is InChI=1S/C26H30N2O2.2ClH/c1-29-25-9-5-6-10-26(25)30-20-15-22-11-13-23(14-12-22)21-27-16-18-28(19-17-27)24-7-3-2-4-8-24;;/h2-14H,15-21H2,1H3;2*1H. The van der Waals surface area contributed by atoms with Gasteiger partial charge in [-0.1, -0.05) is 54.6 Å². The van der Waals surface area contributed by atoms with E-state index in [2.05, 4.69) is 64.4 Å². The van der Waals surface area contributed by atoms with Crippen LogP contribution in [-0.4, -0.2) is 44.8 Å².